The van der Waals surface area contributed by atoms with E-state index >= 15 is 0 Å². The van der Waals surface area contributed by atoms with E-state index in [9.17, 15) is 14.4 Å². The molecular formula is C20H20N2O5. The minimum Gasteiger partial charge on any atom is -0.454 e. The molecule has 1 heterocycles. The molecule has 0 atom stereocenters. The van der Waals surface area contributed by atoms with Gasteiger partial charge in [-0.05, 0) is 18.6 Å². The molecule has 1 aliphatic rings. The van der Waals surface area contributed by atoms with E-state index in [4.69, 9.17) is 9.47 Å². The molecule has 0 spiro atoms. The van der Waals surface area contributed by atoms with E-state index in [0.717, 1.165) is 0 Å². The van der Waals surface area contributed by atoms with E-state index in [1.807, 2.05) is 6.07 Å². The van der Waals surface area contributed by atoms with Crippen LogP contribution in [0.4, 0.5) is 5.69 Å². The Hall–Kier alpha value is -3.35. The highest BCUT2D eigenvalue weighted by Crippen LogP contribution is 2.34. The van der Waals surface area contributed by atoms with Crippen LogP contribution in [0, 0.1) is 0 Å². The zero-order valence-electron chi connectivity index (χ0n) is 14.7. The lowest BCUT2D eigenvalue weighted by Crippen LogP contribution is -2.32. The maximum Gasteiger partial charge on any atom is 0.243 e. The van der Waals surface area contributed by atoms with Gasteiger partial charge in [-0.1, -0.05) is 30.3 Å². The van der Waals surface area contributed by atoms with Gasteiger partial charge in [-0.25, -0.2) is 0 Å². The van der Waals surface area contributed by atoms with Crippen LogP contribution in [0.5, 0.6) is 11.5 Å². The highest BCUT2D eigenvalue weighted by atomic mass is 16.7. The second kappa shape index (κ2) is 8.84. The smallest absolute Gasteiger partial charge is 0.243 e. The molecule has 140 valence electrons. The van der Waals surface area contributed by atoms with Gasteiger partial charge in [0.2, 0.25) is 18.6 Å². The zero-order valence-corrected chi connectivity index (χ0v) is 14.7. The lowest BCUT2D eigenvalue weighted by Gasteiger charge is -2.08. The molecule has 0 bridgehead atoms. The quantitative estimate of drug-likeness (QED) is 0.699. The van der Waals surface area contributed by atoms with Crippen molar-refractivity contribution in [3.8, 4) is 11.5 Å². The second-order valence-electron chi connectivity index (χ2n) is 6.04. The fourth-order valence-electron chi connectivity index (χ4n) is 2.62. The molecule has 0 radical (unpaired) electrons. The standard InChI is InChI=1S/C20H20N2O5/c23-16(14-5-2-1-3-6-14)7-4-8-19(24)21-12-20(25)22-15-9-10-17-18(11-15)27-13-26-17/h1-3,5-6,9-11H,4,7-8,12-13H2,(H,21,24)(H,22,25). The summed E-state index contributed by atoms with van der Waals surface area (Å²) in [5, 5.41) is 5.23. The highest BCUT2D eigenvalue weighted by molar-refractivity contribution is 5.96. The lowest BCUT2D eigenvalue weighted by atomic mass is 10.1. The van der Waals surface area contributed by atoms with Crippen molar-refractivity contribution in [3.05, 3.63) is 54.1 Å². The zero-order chi connectivity index (χ0) is 19.1. The third kappa shape index (κ3) is 5.31. The van der Waals surface area contributed by atoms with Crippen molar-refractivity contribution in [2.24, 2.45) is 0 Å². The Kier molecular flexibility index (Phi) is 6.04. The number of benzene rings is 2. The number of Topliss-reactive ketones (excluding diaryl/α,β-unsaturated/α-hetero) is 1. The van der Waals surface area contributed by atoms with Gasteiger partial charge in [0.1, 0.15) is 0 Å². The molecule has 0 unspecified atom stereocenters. The molecular weight excluding hydrogens is 348 g/mol. The van der Waals surface area contributed by atoms with Gasteiger partial charge in [-0.2, -0.15) is 0 Å². The van der Waals surface area contributed by atoms with Crippen LogP contribution in [0.1, 0.15) is 29.6 Å². The summed E-state index contributed by atoms with van der Waals surface area (Å²) in [6.45, 7) is 0.0233. The van der Waals surface area contributed by atoms with E-state index in [0.29, 0.717) is 35.6 Å². The van der Waals surface area contributed by atoms with Crippen LogP contribution < -0.4 is 20.1 Å². The van der Waals surface area contributed by atoms with Crippen LogP contribution in [0.15, 0.2) is 48.5 Å². The van der Waals surface area contributed by atoms with Crippen molar-refractivity contribution < 1.29 is 23.9 Å². The number of carbonyl (C=O) groups excluding carboxylic acids is 3. The van der Waals surface area contributed by atoms with Gasteiger partial charge in [0, 0.05) is 30.2 Å². The number of amides is 2. The molecule has 3 rings (SSSR count). The minimum atomic E-state index is -0.345. The van der Waals surface area contributed by atoms with Crippen molar-refractivity contribution in [2.45, 2.75) is 19.3 Å². The lowest BCUT2D eigenvalue weighted by molar-refractivity contribution is -0.124. The number of anilines is 1. The van der Waals surface area contributed by atoms with Crippen LogP contribution >= 0.6 is 0 Å². The number of carbonyl (C=O) groups is 3. The summed E-state index contributed by atoms with van der Waals surface area (Å²) in [5.41, 5.74) is 1.20. The second-order valence-corrected chi connectivity index (χ2v) is 6.04. The molecule has 0 saturated heterocycles. The monoisotopic (exact) mass is 368 g/mol. The van der Waals surface area contributed by atoms with Crippen molar-refractivity contribution in [3.63, 3.8) is 0 Å². The van der Waals surface area contributed by atoms with Crippen LogP contribution in [-0.4, -0.2) is 30.9 Å². The molecule has 0 aromatic heterocycles. The van der Waals surface area contributed by atoms with Gasteiger partial charge in [-0.3, -0.25) is 14.4 Å². The topological polar surface area (TPSA) is 93.7 Å². The predicted molar refractivity (Wildman–Crippen MR) is 98.8 cm³/mol. The van der Waals surface area contributed by atoms with Crippen LogP contribution in [-0.2, 0) is 9.59 Å². The molecule has 1 aliphatic heterocycles. The average molecular weight is 368 g/mol. The van der Waals surface area contributed by atoms with E-state index in [1.165, 1.54) is 0 Å². The largest absolute Gasteiger partial charge is 0.454 e. The molecule has 0 saturated carbocycles. The number of hydrogen-bond acceptors (Lipinski definition) is 5. The summed E-state index contributed by atoms with van der Waals surface area (Å²) in [6.07, 6.45) is 0.917. The van der Waals surface area contributed by atoms with Gasteiger partial charge >= 0.3 is 0 Å². The summed E-state index contributed by atoms with van der Waals surface area (Å²) in [5.74, 6) is 0.592. The first-order valence-corrected chi connectivity index (χ1v) is 8.66. The van der Waals surface area contributed by atoms with Crippen molar-refractivity contribution in [1.29, 1.82) is 0 Å². The predicted octanol–water partition coefficient (Wildman–Crippen LogP) is 2.52. The number of hydrogen-bond donors (Lipinski definition) is 2. The van der Waals surface area contributed by atoms with Crippen LogP contribution in [0.3, 0.4) is 0 Å². The Labute approximate surface area is 156 Å². The Bertz CT molecular complexity index is 836. The van der Waals surface area contributed by atoms with Crippen LogP contribution in [0.2, 0.25) is 0 Å². The Morgan fingerprint density at radius 1 is 0.889 bits per heavy atom. The number of ether oxygens (including phenoxy) is 2. The first-order chi connectivity index (χ1) is 13.1. The molecule has 2 amide bonds. The normalized spacial score (nSPS) is 11.7. The van der Waals surface area contributed by atoms with E-state index < -0.39 is 0 Å². The van der Waals surface area contributed by atoms with Gasteiger partial charge < -0.3 is 20.1 Å². The molecule has 0 aliphatic carbocycles. The SMILES string of the molecule is O=C(CCCC(=O)c1ccccc1)NCC(=O)Nc1ccc2c(c1)OCO2. The first-order valence-electron chi connectivity index (χ1n) is 8.66. The summed E-state index contributed by atoms with van der Waals surface area (Å²) < 4.78 is 10.4. The molecule has 27 heavy (non-hydrogen) atoms. The van der Waals surface area contributed by atoms with Gasteiger partial charge in [0.05, 0.1) is 6.54 Å². The maximum atomic E-state index is 12.0. The summed E-state index contributed by atoms with van der Waals surface area (Å²) >= 11 is 0. The molecule has 7 heteroatoms. The fourth-order valence-corrected chi connectivity index (χ4v) is 2.62. The van der Waals surface area contributed by atoms with E-state index in [1.54, 1.807) is 42.5 Å². The Morgan fingerprint density at radius 3 is 2.48 bits per heavy atom. The molecule has 2 aromatic rings. The van der Waals surface area contributed by atoms with Crippen molar-refractivity contribution in [1.82, 2.24) is 5.32 Å². The summed E-state index contributed by atoms with van der Waals surface area (Å²) in [6, 6.07) is 14.0. The fraction of sp³-hybridized carbons (Fsp3) is 0.250. The number of rotatable bonds is 8. The molecule has 0 fully saturated rings. The van der Waals surface area contributed by atoms with Crippen LogP contribution in [0.25, 0.3) is 0 Å². The molecule has 2 aromatic carbocycles. The first kappa shape index (κ1) is 18.4. The molecule has 7 nitrogen and oxygen atoms in total. The van der Waals surface area contributed by atoms with Gasteiger partial charge in [0.15, 0.2) is 17.3 Å². The number of nitrogens with one attached hydrogen (secondary N) is 2. The third-order valence-corrected chi connectivity index (χ3v) is 4.01. The maximum absolute atomic E-state index is 12.0. The minimum absolute atomic E-state index is 0.00366. The average Bonchev–Trinajstić information content (AvgIpc) is 3.15. The Balaban J connectivity index is 1.35. The van der Waals surface area contributed by atoms with Gasteiger partial charge in [-0.15, -0.1) is 0 Å². The summed E-state index contributed by atoms with van der Waals surface area (Å²) in [7, 11) is 0. The molecule has 2 N–H and O–H groups in total. The Morgan fingerprint density at radius 2 is 1.67 bits per heavy atom. The van der Waals surface area contributed by atoms with Crippen molar-refractivity contribution >= 4 is 23.3 Å². The summed E-state index contributed by atoms with van der Waals surface area (Å²) in [4.78, 5) is 35.7. The highest BCUT2D eigenvalue weighted by Gasteiger charge is 2.14. The van der Waals surface area contributed by atoms with E-state index in [-0.39, 0.29) is 37.4 Å². The van der Waals surface area contributed by atoms with E-state index in [2.05, 4.69) is 10.6 Å². The third-order valence-electron chi connectivity index (χ3n) is 4.01. The number of fused-ring (bicyclic) bond motifs is 1. The number of ketones is 1. The van der Waals surface area contributed by atoms with Gasteiger partial charge in [0.25, 0.3) is 0 Å². The van der Waals surface area contributed by atoms with Crippen molar-refractivity contribution in [2.75, 3.05) is 18.7 Å².